The molecule has 1 saturated carbocycles. The van der Waals surface area contributed by atoms with Crippen LogP contribution in [0.1, 0.15) is 37.7 Å². The van der Waals surface area contributed by atoms with Crippen molar-refractivity contribution >= 4 is 5.91 Å². The van der Waals surface area contributed by atoms with Gasteiger partial charge in [-0.1, -0.05) is 25.3 Å². The summed E-state index contributed by atoms with van der Waals surface area (Å²) >= 11 is 0. The van der Waals surface area contributed by atoms with Gasteiger partial charge >= 0.3 is 0 Å². The van der Waals surface area contributed by atoms with E-state index in [4.69, 9.17) is 0 Å². The van der Waals surface area contributed by atoms with Crippen LogP contribution in [-0.2, 0) is 11.2 Å². The molecule has 1 aromatic rings. The minimum absolute atomic E-state index is 0.0287. The Kier molecular flexibility index (Phi) is 4.31. The molecule has 4 nitrogen and oxygen atoms in total. The fraction of sp³-hybridized carbons (Fsp3) is 0.571. The first-order valence-electron chi connectivity index (χ1n) is 6.55. The van der Waals surface area contributed by atoms with Gasteiger partial charge in [-0.2, -0.15) is 0 Å². The number of carbonyl (C=O) groups excluding carboxylic acids is 1. The molecular weight excluding hydrogens is 228 g/mol. The summed E-state index contributed by atoms with van der Waals surface area (Å²) in [5.41, 5.74) is 0.510. The number of aliphatic hydroxyl groups is 1. The number of rotatable bonds is 4. The molecule has 0 spiro atoms. The van der Waals surface area contributed by atoms with Gasteiger partial charge in [0.25, 0.3) is 0 Å². The number of aliphatic hydroxyl groups excluding tert-OH is 1. The van der Waals surface area contributed by atoms with Gasteiger partial charge in [0.2, 0.25) is 5.91 Å². The molecule has 18 heavy (non-hydrogen) atoms. The molecule has 0 aliphatic heterocycles. The van der Waals surface area contributed by atoms with Crippen molar-refractivity contribution in [2.45, 2.75) is 44.1 Å². The molecule has 1 aromatic heterocycles. The van der Waals surface area contributed by atoms with Crippen LogP contribution >= 0.6 is 0 Å². The lowest BCUT2D eigenvalue weighted by Gasteiger charge is -2.36. The van der Waals surface area contributed by atoms with Crippen LogP contribution in [0.2, 0.25) is 0 Å². The van der Waals surface area contributed by atoms with Crippen molar-refractivity contribution in [2.24, 2.45) is 0 Å². The van der Waals surface area contributed by atoms with Gasteiger partial charge in [0, 0.05) is 12.4 Å². The standard InChI is InChI=1S/C14H20N2O2/c17-11-14(6-2-1-3-7-14)16-13(18)9-12-5-4-8-15-10-12/h4-5,8,10,17H,1-3,6-7,9,11H2,(H,16,18). The van der Waals surface area contributed by atoms with Crippen LogP contribution in [0.3, 0.4) is 0 Å². The molecule has 0 saturated heterocycles. The number of pyridine rings is 1. The normalized spacial score (nSPS) is 18.3. The van der Waals surface area contributed by atoms with E-state index in [1.807, 2.05) is 12.1 Å². The van der Waals surface area contributed by atoms with Crippen LogP contribution in [0.25, 0.3) is 0 Å². The summed E-state index contributed by atoms with van der Waals surface area (Å²) in [5.74, 6) is -0.0287. The van der Waals surface area contributed by atoms with Crippen LogP contribution in [0.5, 0.6) is 0 Å². The van der Waals surface area contributed by atoms with Gasteiger partial charge in [0.05, 0.1) is 18.6 Å². The number of carbonyl (C=O) groups is 1. The summed E-state index contributed by atoms with van der Waals surface area (Å²) in [4.78, 5) is 16.0. The van der Waals surface area contributed by atoms with Gasteiger partial charge in [-0.25, -0.2) is 0 Å². The van der Waals surface area contributed by atoms with Crippen molar-refractivity contribution in [3.05, 3.63) is 30.1 Å². The van der Waals surface area contributed by atoms with E-state index in [1.165, 1.54) is 6.42 Å². The maximum Gasteiger partial charge on any atom is 0.224 e. The first-order valence-corrected chi connectivity index (χ1v) is 6.55. The molecule has 2 rings (SSSR count). The van der Waals surface area contributed by atoms with Crippen LogP contribution in [0.15, 0.2) is 24.5 Å². The average molecular weight is 248 g/mol. The quantitative estimate of drug-likeness (QED) is 0.847. The largest absolute Gasteiger partial charge is 0.394 e. The molecule has 1 amide bonds. The molecule has 0 radical (unpaired) electrons. The van der Waals surface area contributed by atoms with Crippen molar-refractivity contribution in [2.75, 3.05) is 6.61 Å². The van der Waals surface area contributed by atoms with E-state index in [-0.39, 0.29) is 12.5 Å². The first-order chi connectivity index (χ1) is 8.74. The summed E-state index contributed by atoms with van der Waals surface area (Å²) in [6, 6.07) is 3.71. The zero-order valence-electron chi connectivity index (χ0n) is 10.6. The Morgan fingerprint density at radius 2 is 2.17 bits per heavy atom. The van der Waals surface area contributed by atoms with Gasteiger partial charge in [-0.3, -0.25) is 9.78 Å². The highest BCUT2D eigenvalue weighted by atomic mass is 16.3. The zero-order valence-corrected chi connectivity index (χ0v) is 10.6. The molecule has 1 fully saturated rings. The fourth-order valence-corrected chi connectivity index (χ4v) is 2.58. The predicted octanol–water partition coefficient (Wildman–Crippen LogP) is 1.44. The Labute approximate surface area is 107 Å². The number of hydrogen-bond donors (Lipinski definition) is 2. The maximum absolute atomic E-state index is 12.0. The predicted molar refractivity (Wildman–Crippen MR) is 69.0 cm³/mol. The molecule has 2 N–H and O–H groups in total. The van der Waals surface area contributed by atoms with E-state index in [0.717, 1.165) is 31.2 Å². The number of amides is 1. The number of nitrogens with zero attached hydrogens (tertiary/aromatic N) is 1. The van der Waals surface area contributed by atoms with Crippen LogP contribution < -0.4 is 5.32 Å². The molecule has 0 aromatic carbocycles. The van der Waals surface area contributed by atoms with Crippen LogP contribution in [0, 0.1) is 0 Å². The highest BCUT2D eigenvalue weighted by Crippen LogP contribution is 2.27. The van der Waals surface area contributed by atoms with Gasteiger partial charge in [0.15, 0.2) is 0 Å². The Balaban J connectivity index is 1.93. The van der Waals surface area contributed by atoms with Crippen LogP contribution in [-0.4, -0.2) is 28.1 Å². The lowest BCUT2D eigenvalue weighted by molar-refractivity contribution is -0.123. The Bertz CT molecular complexity index is 386. The van der Waals surface area contributed by atoms with Crippen molar-refractivity contribution in [1.82, 2.24) is 10.3 Å². The number of hydrogen-bond acceptors (Lipinski definition) is 3. The van der Waals surface area contributed by atoms with Crippen molar-refractivity contribution < 1.29 is 9.90 Å². The average Bonchev–Trinajstić information content (AvgIpc) is 2.41. The summed E-state index contributed by atoms with van der Waals surface area (Å²) in [6.07, 6.45) is 8.83. The lowest BCUT2D eigenvalue weighted by Crippen LogP contribution is -2.52. The first kappa shape index (κ1) is 13.0. The molecule has 98 valence electrons. The van der Waals surface area contributed by atoms with Crippen molar-refractivity contribution in [3.63, 3.8) is 0 Å². The molecular formula is C14H20N2O2. The SMILES string of the molecule is O=C(Cc1cccnc1)NC1(CO)CCCCC1. The Morgan fingerprint density at radius 1 is 1.39 bits per heavy atom. The lowest BCUT2D eigenvalue weighted by atomic mass is 9.82. The van der Waals surface area contributed by atoms with E-state index >= 15 is 0 Å². The highest BCUT2D eigenvalue weighted by molar-refractivity contribution is 5.79. The summed E-state index contributed by atoms with van der Waals surface area (Å²) in [7, 11) is 0. The van der Waals surface area contributed by atoms with Gasteiger partial charge < -0.3 is 10.4 Å². The van der Waals surface area contributed by atoms with Crippen molar-refractivity contribution in [3.8, 4) is 0 Å². The van der Waals surface area contributed by atoms with E-state index < -0.39 is 5.54 Å². The monoisotopic (exact) mass is 248 g/mol. The molecule has 0 unspecified atom stereocenters. The van der Waals surface area contributed by atoms with Crippen molar-refractivity contribution in [1.29, 1.82) is 0 Å². The second-order valence-electron chi connectivity index (χ2n) is 5.09. The third-order valence-corrected chi connectivity index (χ3v) is 3.61. The molecule has 1 aliphatic carbocycles. The van der Waals surface area contributed by atoms with E-state index in [9.17, 15) is 9.90 Å². The van der Waals surface area contributed by atoms with E-state index in [1.54, 1.807) is 12.4 Å². The summed E-state index contributed by atoms with van der Waals surface area (Å²) < 4.78 is 0. The second kappa shape index (κ2) is 5.96. The molecule has 1 aliphatic rings. The Hall–Kier alpha value is -1.42. The van der Waals surface area contributed by atoms with Gasteiger partial charge in [0.1, 0.15) is 0 Å². The van der Waals surface area contributed by atoms with Crippen LogP contribution in [0.4, 0.5) is 0 Å². The fourth-order valence-electron chi connectivity index (χ4n) is 2.58. The van der Waals surface area contributed by atoms with E-state index in [2.05, 4.69) is 10.3 Å². The third-order valence-electron chi connectivity index (χ3n) is 3.61. The summed E-state index contributed by atoms with van der Waals surface area (Å²) in [6.45, 7) is 0.0335. The maximum atomic E-state index is 12.0. The molecule has 0 atom stereocenters. The van der Waals surface area contributed by atoms with E-state index in [0.29, 0.717) is 6.42 Å². The third kappa shape index (κ3) is 3.29. The minimum atomic E-state index is -0.391. The second-order valence-corrected chi connectivity index (χ2v) is 5.09. The minimum Gasteiger partial charge on any atom is -0.394 e. The molecule has 0 bridgehead atoms. The topological polar surface area (TPSA) is 62.2 Å². The smallest absolute Gasteiger partial charge is 0.224 e. The zero-order chi connectivity index (χ0) is 12.8. The van der Waals surface area contributed by atoms with Gasteiger partial charge in [-0.05, 0) is 24.5 Å². The highest BCUT2D eigenvalue weighted by Gasteiger charge is 2.32. The molecule has 4 heteroatoms. The number of aromatic nitrogens is 1. The Morgan fingerprint density at radius 3 is 2.78 bits per heavy atom. The number of nitrogens with one attached hydrogen (secondary N) is 1. The molecule has 1 heterocycles. The summed E-state index contributed by atoms with van der Waals surface area (Å²) in [5, 5.41) is 12.5. The van der Waals surface area contributed by atoms with Gasteiger partial charge in [-0.15, -0.1) is 0 Å².